The van der Waals surface area contributed by atoms with E-state index in [1.54, 1.807) is 7.11 Å². The van der Waals surface area contributed by atoms with Crippen LogP contribution in [0.2, 0.25) is 0 Å². The summed E-state index contributed by atoms with van der Waals surface area (Å²) in [5.41, 5.74) is 3.19. The molecule has 0 fully saturated rings. The number of nitrogens with one attached hydrogen (secondary N) is 1. The molecule has 4 nitrogen and oxygen atoms in total. The van der Waals surface area contributed by atoms with Crippen molar-refractivity contribution in [3.8, 4) is 5.75 Å². The van der Waals surface area contributed by atoms with E-state index < -0.39 is 0 Å². The first-order chi connectivity index (χ1) is 11.6. The lowest BCUT2D eigenvalue weighted by atomic mass is 10.1. The highest BCUT2D eigenvalue weighted by molar-refractivity contribution is 5.92. The molecule has 0 amide bonds. The first kappa shape index (κ1) is 18.5. The molecule has 1 aromatic heterocycles. The van der Waals surface area contributed by atoms with Crippen molar-refractivity contribution in [1.29, 1.82) is 0 Å². The van der Waals surface area contributed by atoms with Gasteiger partial charge in [-0.05, 0) is 70.6 Å². The summed E-state index contributed by atoms with van der Waals surface area (Å²) in [5.74, 6) is 0.866. The number of hydrogen-bond acceptors (Lipinski definition) is 4. The Morgan fingerprint density at radius 1 is 1.21 bits per heavy atom. The van der Waals surface area contributed by atoms with Crippen molar-refractivity contribution in [2.45, 2.75) is 46.6 Å². The van der Waals surface area contributed by atoms with E-state index in [1.807, 2.05) is 19.1 Å². The first-order valence-electron chi connectivity index (χ1n) is 9.01. The van der Waals surface area contributed by atoms with E-state index >= 15 is 0 Å². The maximum Gasteiger partial charge on any atom is 0.119 e. The Hall–Kier alpha value is -1.81. The molecule has 4 heteroatoms. The average molecular weight is 329 g/mol. The molecular formula is C20H31N3O. The molecule has 1 unspecified atom stereocenters. The van der Waals surface area contributed by atoms with Gasteiger partial charge in [0.15, 0.2) is 0 Å². The fourth-order valence-electron chi connectivity index (χ4n) is 3.08. The first-order valence-corrected chi connectivity index (χ1v) is 9.01. The SMILES string of the molecule is CCN(CC)CCCC(C)Nc1cc(C)nc2ccc(OC)cc12. The Morgan fingerprint density at radius 2 is 1.96 bits per heavy atom. The van der Waals surface area contributed by atoms with Gasteiger partial charge in [0.1, 0.15) is 5.75 Å². The molecule has 0 spiro atoms. The molecule has 0 bridgehead atoms. The zero-order valence-corrected chi connectivity index (χ0v) is 15.7. The Balaban J connectivity index is 2.07. The van der Waals surface area contributed by atoms with Crippen LogP contribution in [0.5, 0.6) is 5.75 Å². The van der Waals surface area contributed by atoms with Crippen molar-refractivity contribution in [2.75, 3.05) is 32.1 Å². The molecule has 24 heavy (non-hydrogen) atoms. The van der Waals surface area contributed by atoms with Gasteiger partial charge < -0.3 is 15.0 Å². The molecule has 1 aromatic carbocycles. The summed E-state index contributed by atoms with van der Waals surface area (Å²) in [5, 5.41) is 4.79. The van der Waals surface area contributed by atoms with E-state index in [2.05, 4.69) is 48.1 Å². The fourth-order valence-corrected chi connectivity index (χ4v) is 3.08. The molecule has 132 valence electrons. The second kappa shape index (κ2) is 8.88. The van der Waals surface area contributed by atoms with Gasteiger partial charge in [-0.25, -0.2) is 0 Å². The van der Waals surface area contributed by atoms with Crippen molar-refractivity contribution in [2.24, 2.45) is 0 Å². The highest BCUT2D eigenvalue weighted by Gasteiger charge is 2.09. The minimum absolute atomic E-state index is 0.428. The molecule has 1 heterocycles. The monoisotopic (exact) mass is 329 g/mol. The quantitative estimate of drug-likeness (QED) is 0.736. The van der Waals surface area contributed by atoms with Crippen LogP contribution in [0.15, 0.2) is 24.3 Å². The number of methoxy groups -OCH3 is 1. The number of aryl methyl sites for hydroxylation is 1. The number of aromatic nitrogens is 1. The standard InChI is InChI=1S/C20H31N3O/c1-6-23(7-2)12-8-9-15(3)21-20-13-16(4)22-19-11-10-17(24-5)14-18(19)20/h10-11,13-15H,6-9,12H2,1-5H3,(H,21,22). The lowest BCUT2D eigenvalue weighted by molar-refractivity contribution is 0.295. The van der Waals surface area contributed by atoms with Crippen LogP contribution in [0, 0.1) is 6.92 Å². The summed E-state index contributed by atoms with van der Waals surface area (Å²) in [6.07, 6.45) is 2.37. The van der Waals surface area contributed by atoms with Gasteiger partial charge in [0, 0.05) is 22.8 Å². The van der Waals surface area contributed by atoms with E-state index in [9.17, 15) is 0 Å². The second-order valence-corrected chi connectivity index (χ2v) is 6.41. The second-order valence-electron chi connectivity index (χ2n) is 6.41. The molecule has 2 rings (SSSR count). The van der Waals surface area contributed by atoms with Crippen molar-refractivity contribution >= 4 is 16.6 Å². The maximum atomic E-state index is 5.37. The lowest BCUT2D eigenvalue weighted by Crippen LogP contribution is -2.25. The predicted molar refractivity (Wildman–Crippen MR) is 103 cm³/mol. The summed E-state index contributed by atoms with van der Waals surface area (Å²) in [6, 6.07) is 8.61. The molecule has 0 radical (unpaired) electrons. The third kappa shape index (κ3) is 4.84. The van der Waals surface area contributed by atoms with Crippen LogP contribution in [0.25, 0.3) is 10.9 Å². The van der Waals surface area contributed by atoms with Crippen molar-refractivity contribution in [3.05, 3.63) is 30.0 Å². The summed E-state index contributed by atoms with van der Waals surface area (Å²) in [4.78, 5) is 7.10. The van der Waals surface area contributed by atoms with E-state index in [0.717, 1.165) is 47.5 Å². The van der Waals surface area contributed by atoms with Gasteiger partial charge in [0.2, 0.25) is 0 Å². The average Bonchev–Trinajstić information content (AvgIpc) is 2.58. The van der Waals surface area contributed by atoms with E-state index in [1.165, 1.54) is 13.0 Å². The molecule has 2 aromatic rings. The molecule has 1 atom stereocenters. The summed E-state index contributed by atoms with van der Waals surface area (Å²) in [6.45, 7) is 12.2. The highest BCUT2D eigenvalue weighted by atomic mass is 16.5. The Morgan fingerprint density at radius 3 is 2.62 bits per heavy atom. The van der Waals surface area contributed by atoms with Crippen molar-refractivity contribution in [1.82, 2.24) is 9.88 Å². The lowest BCUT2D eigenvalue weighted by Gasteiger charge is -2.21. The Labute approximate surface area is 146 Å². The van der Waals surface area contributed by atoms with Crippen LogP contribution < -0.4 is 10.1 Å². The Bertz CT molecular complexity index is 653. The fraction of sp³-hybridized carbons (Fsp3) is 0.550. The van der Waals surface area contributed by atoms with Crippen LogP contribution in [0.4, 0.5) is 5.69 Å². The van der Waals surface area contributed by atoms with Gasteiger partial charge in [-0.15, -0.1) is 0 Å². The highest BCUT2D eigenvalue weighted by Crippen LogP contribution is 2.28. The largest absolute Gasteiger partial charge is 0.497 e. The summed E-state index contributed by atoms with van der Waals surface area (Å²) >= 11 is 0. The smallest absolute Gasteiger partial charge is 0.119 e. The van der Waals surface area contributed by atoms with Gasteiger partial charge in [-0.2, -0.15) is 0 Å². The maximum absolute atomic E-state index is 5.37. The molecule has 1 N–H and O–H groups in total. The van der Waals surface area contributed by atoms with Gasteiger partial charge in [0.05, 0.1) is 12.6 Å². The third-order valence-corrected chi connectivity index (χ3v) is 4.55. The van der Waals surface area contributed by atoms with Crippen LogP contribution >= 0.6 is 0 Å². The van der Waals surface area contributed by atoms with Crippen LogP contribution in [0.1, 0.15) is 39.3 Å². The van der Waals surface area contributed by atoms with Crippen LogP contribution in [-0.2, 0) is 0 Å². The van der Waals surface area contributed by atoms with Gasteiger partial charge in [0.25, 0.3) is 0 Å². The molecule has 0 saturated heterocycles. The number of nitrogens with zero attached hydrogens (tertiary/aromatic N) is 2. The number of pyridine rings is 1. The van der Waals surface area contributed by atoms with Crippen molar-refractivity contribution in [3.63, 3.8) is 0 Å². The molecule has 0 saturated carbocycles. The summed E-state index contributed by atoms with van der Waals surface area (Å²) in [7, 11) is 1.70. The van der Waals surface area contributed by atoms with Gasteiger partial charge in [-0.1, -0.05) is 13.8 Å². The van der Waals surface area contributed by atoms with Gasteiger partial charge in [-0.3, -0.25) is 4.98 Å². The summed E-state index contributed by atoms with van der Waals surface area (Å²) < 4.78 is 5.37. The number of benzene rings is 1. The Kier molecular flexibility index (Phi) is 6.85. The van der Waals surface area contributed by atoms with Crippen LogP contribution in [-0.4, -0.2) is 42.7 Å². The van der Waals surface area contributed by atoms with Gasteiger partial charge >= 0.3 is 0 Å². The van der Waals surface area contributed by atoms with E-state index in [4.69, 9.17) is 4.74 Å². The molecular weight excluding hydrogens is 298 g/mol. The zero-order valence-electron chi connectivity index (χ0n) is 15.7. The topological polar surface area (TPSA) is 37.4 Å². The predicted octanol–water partition coefficient (Wildman–Crippen LogP) is 4.47. The van der Waals surface area contributed by atoms with E-state index in [-0.39, 0.29) is 0 Å². The van der Waals surface area contributed by atoms with Crippen LogP contribution in [0.3, 0.4) is 0 Å². The number of hydrogen-bond donors (Lipinski definition) is 1. The van der Waals surface area contributed by atoms with E-state index in [0.29, 0.717) is 6.04 Å². The zero-order chi connectivity index (χ0) is 17.5. The number of fused-ring (bicyclic) bond motifs is 1. The minimum Gasteiger partial charge on any atom is -0.497 e. The number of ether oxygens (including phenoxy) is 1. The third-order valence-electron chi connectivity index (χ3n) is 4.55. The molecule has 0 aliphatic heterocycles. The molecule has 0 aliphatic carbocycles. The normalized spacial score (nSPS) is 12.6. The number of anilines is 1. The molecule has 0 aliphatic rings. The minimum atomic E-state index is 0.428. The number of rotatable bonds is 9. The van der Waals surface area contributed by atoms with Crippen molar-refractivity contribution < 1.29 is 4.74 Å².